The summed E-state index contributed by atoms with van der Waals surface area (Å²) in [7, 11) is 0. The van der Waals surface area contributed by atoms with Gasteiger partial charge in [0.05, 0.1) is 6.54 Å². The van der Waals surface area contributed by atoms with Gasteiger partial charge < -0.3 is 4.74 Å². The fraction of sp³-hybridized carbons (Fsp3) is 0.222. The number of amides is 1. The summed E-state index contributed by atoms with van der Waals surface area (Å²) in [6.45, 7) is 3.16. The van der Waals surface area contributed by atoms with E-state index in [-0.39, 0.29) is 0 Å². The van der Waals surface area contributed by atoms with Crippen LogP contribution in [0.5, 0.6) is 0 Å². The molecule has 3 rings (SSSR count). The van der Waals surface area contributed by atoms with Crippen molar-refractivity contribution in [3.8, 4) is 0 Å². The molecular formula is C18H21N5O2S. The molecule has 1 heterocycles. The fourth-order valence-corrected chi connectivity index (χ4v) is 3.34. The minimum atomic E-state index is -0.436. The zero-order chi connectivity index (χ0) is 18.2. The Hall–Kier alpha value is -2.71. The van der Waals surface area contributed by atoms with Crippen LogP contribution >= 0.6 is 11.8 Å². The van der Waals surface area contributed by atoms with Crippen LogP contribution in [0.25, 0.3) is 0 Å². The summed E-state index contributed by atoms with van der Waals surface area (Å²) in [5.74, 6) is 0.692. The van der Waals surface area contributed by atoms with Gasteiger partial charge in [0.25, 0.3) is 0 Å². The number of thioether (sulfide) groups is 1. The minimum absolute atomic E-state index is 0.345. The standard InChI is InChI=1S/C18H21N5O2S/c1-14-15(12-23-13-19-21-22-23)6-5-9-17(14)26-11-10-25-18(24)20-16-7-3-2-4-8-16/h2-9,13,21-22H,10-12H2,1H3,(H,20,24). The largest absolute Gasteiger partial charge is 0.448 e. The molecule has 0 aliphatic carbocycles. The number of rotatable bonds is 7. The third kappa shape index (κ3) is 5.14. The Bertz CT molecular complexity index is 769. The molecular weight excluding hydrogens is 350 g/mol. The number of hydrazine groups is 2. The van der Waals surface area contributed by atoms with E-state index in [9.17, 15) is 4.79 Å². The van der Waals surface area contributed by atoms with Crippen LogP contribution in [-0.2, 0) is 11.3 Å². The Labute approximate surface area is 156 Å². The first-order valence-electron chi connectivity index (χ1n) is 8.23. The molecule has 1 amide bonds. The molecule has 0 saturated heterocycles. The zero-order valence-corrected chi connectivity index (χ0v) is 15.3. The summed E-state index contributed by atoms with van der Waals surface area (Å²) in [6.07, 6.45) is 1.27. The Morgan fingerprint density at radius 3 is 2.85 bits per heavy atom. The topological polar surface area (TPSA) is 78.0 Å². The lowest BCUT2D eigenvalue weighted by Crippen LogP contribution is -2.36. The van der Waals surface area contributed by atoms with Crippen molar-refractivity contribution < 1.29 is 9.53 Å². The van der Waals surface area contributed by atoms with Crippen LogP contribution in [0.2, 0.25) is 0 Å². The van der Waals surface area contributed by atoms with Crippen molar-refractivity contribution in [1.82, 2.24) is 16.1 Å². The van der Waals surface area contributed by atoms with Crippen LogP contribution < -0.4 is 16.4 Å². The zero-order valence-electron chi connectivity index (χ0n) is 14.4. The highest BCUT2D eigenvalue weighted by molar-refractivity contribution is 7.99. The Balaban J connectivity index is 1.44. The van der Waals surface area contributed by atoms with E-state index < -0.39 is 6.09 Å². The van der Waals surface area contributed by atoms with Crippen LogP contribution in [0.15, 0.2) is 58.5 Å². The van der Waals surface area contributed by atoms with Crippen molar-refractivity contribution in [2.24, 2.45) is 5.10 Å². The highest BCUT2D eigenvalue weighted by atomic mass is 32.2. The van der Waals surface area contributed by atoms with Crippen molar-refractivity contribution in [2.45, 2.75) is 18.4 Å². The SMILES string of the molecule is Cc1c(CN2C=NNN2)cccc1SCCOC(=O)Nc1ccccc1. The molecule has 8 heteroatoms. The van der Waals surface area contributed by atoms with Crippen molar-refractivity contribution in [2.75, 3.05) is 17.7 Å². The van der Waals surface area contributed by atoms with E-state index in [1.165, 1.54) is 16.0 Å². The lowest BCUT2D eigenvalue weighted by Gasteiger charge is -2.17. The number of anilines is 1. The van der Waals surface area contributed by atoms with Gasteiger partial charge in [0, 0.05) is 16.3 Å². The molecule has 0 saturated carbocycles. The van der Waals surface area contributed by atoms with Crippen molar-refractivity contribution in [3.63, 3.8) is 0 Å². The minimum Gasteiger partial charge on any atom is -0.448 e. The first-order chi connectivity index (χ1) is 12.7. The second-order valence-corrected chi connectivity index (χ2v) is 6.75. The lowest BCUT2D eigenvalue weighted by molar-refractivity contribution is 0.169. The van der Waals surface area contributed by atoms with E-state index in [0.717, 1.165) is 5.69 Å². The lowest BCUT2D eigenvalue weighted by atomic mass is 10.1. The number of ether oxygens (including phenoxy) is 1. The first kappa shape index (κ1) is 18.1. The van der Waals surface area contributed by atoms with Gasteiger partial charge in [-0.3, -0.25) is 10.3 Å². The van der Waals surface area contributed by atoms with E-state index in [1.54, 1.807) is 18.1 Å². The number of nitrogens with one attached hydrogen (secondary N) is 3. The summed E-state index contributed by atoms with van der Waals surface area (Å²) < 4.78 is 5.23. The molecule has 0 unspecified atom stereocenters. The Morgan fingerprint density at radius 1 is 1.23 bits per heavy atom. The number of hydrogen-bond acceptors (Lipinski definition) is 7. The number of para-hydroxylation sites is 1. The van der Waals surface area contributed by atoms with Gasteiger partial charge >= 0.3 is 6.09 Å². The molecule has 1 aliphatic heterocycles. The van der Waals surface area contributed by atoms with E-state index in [0.29, 0.717) is 18.9 Å². The molecule has 136 valence electrons. The maximum atomic E-state index is 11.8. The number of benzene rings is 2. The normalized spacial score (nSPS) is 12.7. The van der Waals surface area contributed by atoms with E-state index in [4.69, 9.17) is 4.74 Å². The summed E-state index contributed by atoms with van der Waals surface area (Å²) in [4.78, 5) is 12.9. The maximum absolute atomic E-state index is 11.8. The predicted octanol–water partition coefficient (Wildman–Crippen LogP) is 3.10. The van der Waals surface area contributed by atoms with Crippen molar-refractivity contribution in [1.29, 1.82) is 0 Å². The molecule has 0 fully saturated rings. The Morgan fingerprint density at radius 2 is 2.08 bits per heavy atom. The molecule has 0 spiro atoms. The van der Waals surface area contributed by atoms with Gasteiger partial charge in [0.15, 0.2) is 0 Å². The molecule has 2 aromatic carbocycles. The third-order valence-corrected chi connectivity index (χ3v) is 4.91. The number of nitrogens with zero attached hydrogens (tertiary/aromatic N) is 2. The van der Waals surface area contributed by atoms with Crippen molar-refractivity contribution >= 4 is 29.9 Å². The van der Waals surface area contributed by atoms with Gasteiger partial charge in [0.1, 0.15) is 12.9 Å². The molecule has 0 radical (unpaired) electrons. The van der Waals surface area contributed by atoms with Gasteiger partial charge in [-0.05, 0) is 36.2 Å². The smallest absolute Gasteiger partial charge is 0.411 e. The van der Waals surface area contributed by atoms with Gasteiger partial charge in [0.2, 0.25) is 0 Å². The van der Waals surface area contributed by atoms with Crippen LogP contribution in [0.1, 0.15) is 11.1 Å². The second-order valence-electron chi connectivity index (χ2n) is 5.61. The molecule has 0 aromatic heterocycles. The predicted molar refractivity (Wildman–Crippen MR) is 104 cm³/mol. The van der Waals surface area contributed by atoms with Gasteiger partial charge in [-0.15, -0.1) is 17.3 Å². The van der Waals surface area contributed by atoms with Gasteiger partial charge in [-0.25, -0.2) is 10.3 Å². The monoisotopic (exact) mass is 371 g/mol. The van der Waals surface area contributed by atoms with Crippen LogP contribution in [-0.4, -0.2) is 29.8 Å². The second kappa shape index (κ2) is 9.12. The van der Waals surface area contributed by atoms with Gasteiger partial charge in [-0.2, -0.15) is 5.10 Å². The van der Waals surface area contributed by atoms with E-state index in [1.807, 2.05) is 41.4 Å². The van der Waals surface area contributed by atoms with Crippen LogP contribution in [0, 0.1) is 6.92 Å². The highest BCUT2D eigenvalue weighted by Crippen LogP contribution is 2.25. The molecule has 7 nitrogen and oxygen atoms in total. The number of hydrogen-bond donors (Lipinski definition) is 3. The molecule has 3 N–H and O–H groups in total. The first-order valence-corrected chi connectivity index (χ1v) is 9.21. The maximum Gasteiger partial charge on any atom is 0.411 e. The summed E-state index contributed by atoms with van der Waals surface area (Å²) in [5.41, 5.74) is 8.76. The number of hydrazone groups is 1. The summed E-state index contributed by atoms with van der Waals surface area (Å²) in [5, 5.41) is 8.47. The van der Waals surface area contributed by atoms with Crippen LogP contribution in [0.3, 0.4) is 0 Å². The average Bonchev–Trinajstić information content (AvgIpc) is 3.15. The quantitative estimate of drug-likeness (QED) is 0.513. The van der Waals surface area contributed by atoms with Crippen LogP contribution in [0.4, 0.5) is 10.5 Å². The highest BCUT2D eigenvalue weighted by Gasteiger charge is 2.10. The molecule has 26 heavy (non-hydrogen) atoms. The average molecular weight is 371 g/mol. The van der Waals surface area contributed by atoms with E-state index in [2.05, 4.69) is 40.5 Å². The number of carbonyl (C=O) groups excluding carboxylic acids is 1. The summed E-state index contributed by atoms with van der Waals surface area (Å²) in [6, 6.07) is 15.5. The molecule has 0 atom stereocenters. The summed E-state index contributed by atoms with van der Waals surface area (Å²) >= 11 is 1.67. The molecule has 0 bridgehead atoms. The third-order valence-electron chi connectivity index (χ3n) is 3.79. The number of carbonyl (C=O) groups is 1. The molecule has 1 aliphatic rings. The van der Waals surface area contributed by atoms with Crippen molar-refractivity contribution in [3.05, 3.63) is 59.7 Å². The Kier molecular flexibility index (Phi) is 6.34. The van der Waals surface area contributed by atoms with E-state index >= 15 is 0 Å². The molecule has 2 aromatic rings. The van der Waals surface area contributed by atoms with Gasteiger partial charge in [-0.1, -0.05) is 30.3 Å². The fourth-order valence-electron chi connectivity index (χ4n) is 2.43.